The molecule has 0 amide bonds. The van der Waals surface area contributed by atoms with E-state index in [0.717, 1.165) is 25.1 Å². The number of nitrogens with zero attached hydrogens (tertiary/aromatic N) is 1. The lowest BCUT2D eigenvalue weighted by Gasteiger charge is -2.15. The molecule has 0 saturated carbocycles. The molecule has 1 rings (SSSR count). The van der Waals surface area contributed by atoms with Gasteiger partial charge in [-0.3, -0.25) is 10.9 Å². The highest BCUT2D eigenvalue weighted by Gasteiger charge is 1.99. The average molecular weight is 343 g/mol. The van der Waals surface area contributed by atoms with E-state index in [1.807, 2.05) is 14.1 Å². The van der Waals surface area contributed by atoms with E-state index in [4.69, 9.17) is 24.4 Å². The molecule has 4 N–H and O–H groups in total. The van der Waals surface area contributed by atoms with Crippen molar-refractivity contribution in [2.45, 2.75) is 13.0 Å². The zero-order chi connectivity index (χ0) is 16.4. The highest BCUT2D eigenvalue weighted by Crippen LogP contribution is 2.01. The predicted octanol–water partition coefficient (Wildman–Crippen LogP) is 1.12. The molecule has 0 aliphatic rings. The lowest BCUT2D eigenvalue weighted by molar-refractivity contribution is 0.400. The summed E-state index contributed by atoms with van der Waals surface area (Å²) in [6.45, 7) is 2.30. The van der Waals surface area contributed by atoms with E-state index in [0.29, 0.717) is 16.8 Å². The van der Waals surface area contributed by atoms with Gasteiger partial charge in [-0.15, -0.1) is 0 Å². The standard InChI is InChI=1S/C14H22FN5S2/c1-20(2)9-3-8-16-13(21)18-19-14(22)17-10-11-4-6-12(15)7-5-11/h4-7H,3,8-10H2,1-2H3,(H2,16,18,21)(H2,17,19,22). The monoisotopic (exact) mass is 343 g/mol. The Hall–Kier alpha value is -1.51. The second kappa shape index (κ2) is 10.3. The van der Waals surface area contributed by atoms with Gasteiger partial charge in [0.15, 0.2) is 10.2 Å². The first-order valence-electron chi connectivity index (χ1n) is 6.94. The first-order chi connectivity index (χ1) is 10.5. The number of halogens is 1. The summed E-state index contributed by atoms with van der Waals surface area (Å²) in [4.78, 5) is 2.12. The zero-order valence-corrected chi connectivity index (χ0v) is 14.4. The van der Waals surface area contributed by atoms with Crippen LogP contribution in [0.2, 0.25) is 0 Å². The molecule has 0 radical (unpaired) electrons. The molecule has 0 atom stereocenters. The number of hydrazine groups is 1. The second-order valence-electron chi connectivity index (χ2n) is 4.97. The molecule has 0 aliphatic heterocycles. The number of thiocarbonyl (C=S) groups is 2. The summed E-state index contributed by atoms with van der Waals surface area (Å²) in [5, 5.41) is 6.98. The Balaban J connectivity index is 2.12. The molecule has 8 heteroatoms. The smallest absolute Gasteiger partial charge is 0.185 e. The van der Waals surface area contributed by atoms with Gasteiger partial charge in [0, 0.05) is 13.1 Å². The lowest BCUT2D eigenvalue weighted by Crippen LogP contribution is -2.50. The third-order valence-electron chi connectivity index (χ3n) is 2.72. The van der Waals surface area contributed by atoms with Gasteiger partial charge in [0.05, 0.1) is 0 Å². The molecule has 1 aromatic carbocycles. The first-order valence-corrected chi connectivity index (χ1v) is 7.76. The largest absolute Gasteiger partial charge is 0.361 e. The van der Waals surface area contributed by atoms with Crippen molar-refractivity contribution in [3.63, 3.8) is 0 Å². The van der Waals surface area contributed by atoms with Gasteiger partial charge in [-0.05, 0) is 69.2 Å². The molecule has 0 aromatic heterocycles. The van der Waals surface area contributed by atoms with Crippen LogP contribution in [0.15, 0.2) is 24.3 Å². The summed E-state index contributed by atoms with van der Waals surface area (Å²) in [7, 11) is 4.06. The molecule has 0 spiro atoms. The Morgan fingerprint density at radius 2 is 1.64 bits per heavy atom. The Labute approximate surface area is 141 Å². The van der Waals surface area contributed by atoms with Crippen LogP contribution in [-0.2, 0) is 6.54 Å². The highest BCUT2D eigenvalue weighted by atomic mass is 32.1. The summed E-state index contributed by atoms with van der Waals surface area (Å²) < 4.78 is 12.8. The Kier molecular flexibility index (Phi) is 8.64. The summed E-state index contributed by atoms with van der Waals surface area (Å²) in [6, 6.07) is 6.24. The van der Waals surface area contributed by atoms with Gasteiger partial charge >= 0.3 is 0 Å². The van der Waals surface area contributed by atoms with Crippen molar-refractivity contribution in [1.82, 2.24) is 26.4 Å². The first kappa shape index (κ1) is 18.5. The quantitative estimate of drug-likeness (QED) is 0.351. The van der Waals surface area contributed by atoms with Gasteiger partial charge < -0.3 is 15.5 Å². The highest BCUT2D eigenvalue weighted by molar-refractivity contribution is 7.80. The van der Waals surface area contributed by atoms with Crippen LogP contribution in [0.1, 0.15) is 12.0 Å². The van der Waals surface area contributed by atoms with Crippen LogP contribution in [0.4, 0.5) is 4.39 Å². The summed E-state index contributed by atoms with van der Waals surface area (Å²) >= 11 is 10.2. The maximum Gasteiger partial charge on any atom is 0.185 e. The molecular formula is C14H22FN5S2. The van der Waals surface area contributed by atoms with Crippen LogP contribution in [0, 0.1) is 5.82 Å². The minimum absolute atomic E-state index is 0.253. The molecular weight excluding hydrogens is 321 g/mol. The lowest BCUT2D eigenvalue weighted by atomic mass is 10.2. The molecule has 0 heterocycles. The summed E-state index contributed by atoms with van der Waals surface area (Å²) in [6.07, 6.45) is 1.00. The van der Waals surface area contributed by atoms with Crippen LogP contribution in [0.5, 0.6) is 0 Å². The maximum absolute atomic E-state index is 12.8. The number of hydrogen-bond donors (Lipinski definition) is 4. The van der Waals surface area contributed by atoms with E-state index in [1.165, 1.54) is 12.1 Å². The maximum atomic E-state index is 12.8. The molecule has 0 unspecified atom stereocenters. The van der Waals surface area contributed by atoms with Crippen LogP contribution in [-0.4, -0.2) is 42.3 Å². The number of hydrogen-bond acceptors (Lipinski definition) is 3. The third-order valence-corrected chi connectivity index (χ3v) is 3.22. The Morgan fingerprint density at radius 1 is 1.05 bits per heavy atom. The van der Waals surface area contributed by atoms with E-state index in [9.17, 15) is 4.39 Å². The van der Waals surface area contributed by atoms with Crippen molar-refractivity contribution >= 4 is 34.7 Å². The van der Waals surface area contributed by atoms with E-state index in [2.05, 4.69) is 26.4 Å². The second-order valence-corrected chi connectivity index (χ2v) is 5.79. The van der Waals surface area contributed by atoms with Crippen LogP contribution < -0.4 is 21.5 Å². The van der Waals surface area contributed by atoms with Crippen molar-refractivity contribution in [2.75, 3.05) is 27.2 Å². The van der Waals surface area contributed by atoms with Crippen molar-refractivity contribution < 1.29 is 4.39 Å². The minimum Gasteiger partial charge on any atom is -0.361 e. The average Bonchev–Trinajstić information content (AvgIpc) is 2.48. The summed E-state index contributed by atoms with van der Waals surface area (Å²) in [5.74, 6) is -0.253. The van der Waals surface area contributed by atoms with Crippen molar-refractivity contribution in [1.29, 1.82) is 0 Å². The summed E-state index contributed by atoms with van der Waals surface area (Å²) in [5.41, 5.74) is 6.54. The molecule has 1 aromatic rings. The number of benzene rings is 1. The normalized spacial score (nSPS) is 10.2. The SMILES string of the molecule is CN(C)CCCNC(=S)NNC(=S)NCc1ccc(F)cc1. The zero-order valence-electron chi connectivity index (χ0n) is 12.8. The van der Waals surface area contributed by atoms with Crippen LogP contribution in [0.25, 0.3) is 0 Å². The molecule has 5 nitrogen and oxygen atoms in total. The fourth-order valence-corrected chi connectivity index (χ4v) is 1.86. The number of nitrogens with one attached hydrogen (secondary N) is 4. The van der Waals surface area contributed by atoms with Gasteiger partial charge in [-0.2, -0.15) is 0 Å². The Bertz CT molecular complexity index is 479. The van der Waals surface area contributed by atoms with E-state index in [-0.39, 0.29) is 5.82 Å². The van der Waals surface area contributed by atoms with E-state index < -0.39 is 0 Å². The fourth-order valence-electron chi connectivity index (χ4n) is 1.58. The molecule has 0 bridgehead atoms. The van der Waals surface area contributed by atoms with Gasteiger partial charge in [0.2, 0.25) is 0 Å². The van der Waals surface area contributed by atoms with Gasteiger partial charge in [0.25, 0.3) is 0 Å². The number of rotatable bonds is 6. The fraction of sp³-hybridized carbons (Fsp3) is 0.429. The molecule has 0 fully saturated rings. The molecule has 122 valence electrons. The Morgan fingerprint density at radius 3 is 2.23 bits per heavy atom. The van der Waals surface area contributed by atoms with Crippen molar-refractivity contribution in [3.8, 4) is 0 Å². The molecule has 0 saturated heterocycles. The minimum atomic E-state index is -0.253. The van der Waals surface area contributed by atoms with Gasteiger partial charge in [0.1, 0.15) is 5.82 Å². The van der Waals surface area contributed by atoms with Gasteiger partial charge in [-0.25, -0.2) is 4.39 Å². The third kappa shape index (κ3) is 8.71. The van der Waals surface area contributed by atoms with Crippen LogP contribution in [0.3, 0.4) is 0 Å². The van der Waals surface area contributed by atoms with Crippen LogP contribution >= 0.6 is 24.4 Å². The topological polar surface area (TPSA) is 51.4 Å². The molecule has 22 heavy (non-hydrogen) atoms. The van der Waals surface area contributed by atoms with E-state index in [1.54, 1.807) is 12.1 Å². The van der Waals surface area contributed by atoms with E-state index >= 15 is 0 Å². The van der Waals surface area contributed by atoms with Gasteiger partial charge in [-0.1, -0.05) is 12.1 Å². The predicted molar refractivity (Wildman–Crippen MR) is 95.9 cm³/mol. The molecule has 0 aliphatic carbocycles. The van der Waals surface area contributed by atoms with Crippen molar-refractivity contribution in [3.05, 3.63) is 35.6 Å². The van der Waals surface area contributed by atoms with Crippen molar-refractivity contribution in [2.24, 2.45) is 0 Å².